The van der Waals surface area contributed by atoms with Gasteiger partial charge in [0, 0.05) is 24.6 Å². The van der Waals surface area contributed by atoms with Gasteiger partial charge in [0.1, 0.15) is 24.2 Å². The molecule has 0 bridgehead atoms. The Morgan fingerprint density at radius 2 is 2.00 bits per heavy atom. The second kappa shape index (κ2) is 11.5. The maximum atomic E-state index is 12.0. The second-order valence-corrected chi connectivity index (χ2v) is 9.97. The van der Waals surface area contributed by atoms with Crippen LogP contribution in [0.25, 0.3) is 11.3 Å². The molecule has 204 valence electrons. The first-order valence-electron chi connectivity index (χ1n) is 12.3. The van der Waals surface area contributed by atoms with Gasteiger partial charge in [0.2, 0.25) is 5.91 Å². The molecule has 1 saturated heterocycles. The van der Waals surface area contributed by atoms with Gasteiger partial charge in [-0.1, -0.05) is 23.7 Å². The SMILES string of the molecule is COCC(=O)Nc1ccc(N2C(=S)N[C@@H](c3ccccn3)[C@H]2c2ccc(-c3ccc(C(=O)O)cc3C)o2)cc1Cl. The molecule has 2 aromatic carbocycles. The van der Waals surface area contributed by atoms with Crippen LogP contribution in [0.4, 0.5) is 11.4 Å². The lowest BCUT2D eigenvalue weighted by Gasteiger charge is -2.26. The van der Waals surface area contributed by atoms with Crippen LogP contribution in [0.15, 0.2) is 77.3 Å². The summed E-state index contributed by atoms with van der Waals surface area (Å²) in [6.07, 6.45) is 1.72. The fourth-order valence-electron chi connectivity index (χ4n) is 4.72. The predicted octanol–water partition coefficient (Wildman–Crippen LogP) is 5.76. The van der Waals surface area contributed by atoms with Crippen LogP contribution < -0.4 is 15.5 Å². The summed E-state index contributed by atoms with van der Waals surface area (Å²) in [5.41, 5.74) is 3.67. The van der Waals surface area contributed by atoms with Gasteiger partial charge in [0.05, 0.1) is 28.0 Å². The van der Waals surface area contributed by atoms with Gasteiger partial charge in [-0.05, 0) is 79.3 Å². The molecule has 5 rings (SSSR count). The number of anilines is 2. The minimum atomic E-state index is -0.989. The van der Waals surface area contributed by atoms with E-state index in [-0.39, 0.29) is 24.1 Å². The molecule has 11 heteroatoms. The number of pyridine rings is 1. The Bertz CT molecular complexity index is 1590. The van der Waals surface area contributed by atoms with Gasteiger partial charge < -0.3 is 29.8 Å². The minimum Gasteiger partial charge on any atom is -0.478 e. The van der Waals surface area contributed by atoms with Gasteiger partial charge in [-0.3, -0.25) is 9.78 Å². The number of thiocarbonyl (C=S) groups is 1. The molecular formula is C29H25ClN4O5S. The number of rotatable bonds is 8. The summed E-state index contributed by atoms with van der Waals surface area (Å²) >= 11 is 12.3. The number of aryl methyl sites for hydroxylation is 1. The van der Waals surface area contributed by atoms with Crippen molar-refractivity contribution in [1.29, 1.82) is 0 Å². The number of carbonyl (C=O) groups excluding carboxylic acids is 1. The quantitative estimate of drug-likeness (QED) is 0.225. The zero-order chi connectivity index (χ0) is 28.4. The van der Waals surface area contributed by atoms with Gasteiger partial charge in [0.25, 0.3) is 0 Å². The van der Waals surface area contributed by atoms with Crippen LogP contribution in [-0.4, -0.2) is 40.8 Å². The van der Waals surface area contributed by atoms with Crippen molar-refractivity contribution in [3.8, 4) is 11.3 Å². The Kier molecular flexibility index (Phi) is 7.83. The van der Waals surface area contributed by atoms with Crippen molar-refractivity contribution in [3.63, 3.8) is 0 Å². The molecule has 3 heterocycles. The van der Waals surface area contributed by atoms with Crippen LogP contribution in [0.5, 0.6) is 0 Å². The molecule has 0 aliphatic carbocycles. The number of benzene rings is 2. The zero-order valence-electron chi connectivity index (χ0n) is 21.6. The molecule has 1 amide bonds. The average molecular weight is 577 g/mol. The smallest absolute Gasteiger partial charge is 0.335 e. The first-order valence-corrected chi connectivity index (χ1v) is 13.1. The Morgan fingerprint density at radius 3 is 2.67 bits per heavy atom. The molecule has 1 aliphatic rings. The number of carbonyl (C=O) groups is 2. The topological polar surface area (TPSA) is 117 Å². The molecule has 40 heavy (non-hydrogen) atoms. The van der Waals surface area contributed by atoms with Crippen molar-refractivity contribution in [3.05, 3.63) is 101 Å². The fraction of sp³-hybridized carbons (Fsp3) is 0.172. The van der Waals surface area contributed by atoms with Crippen molar-refractivity contribution in [2.45, 2.75) is 19.0 Å². The van der Waals surface area contributed by atoms with Crippen LogP contribution in [0.2, 0.25) is 5.02 Å². The van der Waals surface area contributed by atoms with Crippen molar-refractivity contribution >= 4 is 52.2 Å². The van der Waals surface area contributed by atoms with Crippen molar-refractivity contribution in [2.75, 3.05) is 23.9 Å². The fourth-order valence-corrected chi connectivity index (χ4v) is 5.29. The van der Waals surface area contributed by atoms with E-state index in [1.807, 2.05) is 48.2 Å². The molecule has 9 nitrogen and oxygen atoms in total. The van der Waals surface area contributed by atoms with Crippen molar-refractivity contribution < 1.29 is 23.8 Å². The standard InChI is InChI=1S/C29H25ClN4O5S/c1-16-13-17(28(36)37)6-8-19(16)23-10-11-24(39-23)27-26(22-5-3-4-12-31-22)33-29(40)34(27)18-7-9-21(20(30)14-18)32-25(35)15-38-2/h3-14,26-27H,15H2,1-2H3,(H,32,35)(H,33,40)(H,36,37)/t26-,27+/m0/s1. The lowest BCUT2D eigenvalue weighted by molar-refractivity contribution is -0.119. The summed E-state index contributed by atoms with van der Waals surface area (Å²) in [7, 11) is 1.44. The number of halogens is 1. The molecule has 4 aromatic rings. The van der Waals surface area contributed by atoms with Crippen LogP contribution in [-0.2, 0) is 9.53 Å². The lowest BCUT2D eigenvalue weighted by Crippen LogP contribution is -2.29. The van der Waals surface area contributed by atoms with Crippen molar-refractivity contribution in [2.24, 2.45) is 0 Å². The summed E-state index contributed by atoms with van der Waals surface area (Å²) in [6, 6.07) is 18.8. The van der Waals surface area contributed by atoms with Crippen molar-refractivity contribution in [1.82, 2.24) is 10.3 Å². The Labute approximate surface area is 240 Å². The summed E-state index contributed by atoms with van der Waals surface area (Å²) in [4.78, 5) is 29.9. The van der Waals surface area contributed by atoms with E-state index in [2.05, 4.69) is 15.6 Å². The number of amides is 1. The molecule has 3 N–H and O–H groups in total. The molecular weight excluding hydrogens is 552 g/mol. The highest BCUT2D eigenvalue weighted by molar-refractivity contribution is 7.80. The number of hydrogen-bond acceptors (Lipinski definition) is 6. The number of aromatic carboxylic acids is 1. The number of hydrogen-bond donors (Lipinski definition) is 3. The number of carboxylic acids is 1. The highest BCUT2D eigenvalue weighted by atomic mass is 35.5. The van der Waals surface area contributed by atoms with Crippen LogP contribution in [0, 0.1) is 6.92 Å². The van der Waals surface area contributed by atoms with E-state index in [9.17, 15) is 14.7 Å². The Morgan fingerprint density at radius 1 is 1.18 bits per heavy atom. The maximum Gasteiger partial charge on any atom is 0.335 e. The maximum absolute atomic E-state index is 12.0. The molecule has 2 atom stereocenters. The number of nitrogens with zero attached hydrogens (tertiary/aromatic N) is 2. The molecule has 2 aromatic heterocycles. The third kappa shape index (κ3) is 5.42. The number of ether oxygens (including phenoxy) is 1. The Balaban J connectivity index is 1.54. The number of aromatic nitrogens is 1. The molecule has 1 fully saturated rings. The first-order chi connectivity index (χ1) is 19.3. The lowest BCUT2D eigenvalue weighted by atomic mass is 10.0. The summed E-state index contributed by atoms with van der Waals surface area (Å²) in [5, 5.41) is 16.2. The van der Waals surface area contributed by atoms with Crippen LogP contribution in [0.3, 0.4) is 0 Å². The number of carboxylic acid groups (broad SMARTS) is 1. The first kappa shape index (κ1) is 27.3. The van der Waals surface area contributed by atoms with E-state index >= 15 is 0 Å². The van der Waals surface area contributed by atoms with E-state index in [1.165, 1.54) is 7.11 Å². The third-order valence-corrected chi connectivity index (χ3v) is 7.16. The largest absolute Gasteiger partial charge is 0.478 e. The highest BCUT2D eigenvalue weighted by Crippen LogP contribution is 2.44. The normalized spacial score (nSPS) is 16.6. The zero-order valence-corrected chi connectivity index (χ0v) is 23.1. The van der Waals surface area contributed by atoms with Gasteiger partial charge in [-0.15, -0.1) is 0 Å². The van der Waals surface area contributed by atoms with E-state index in [1.54, 1.807) is 36.5 Å². The van der Waals surface area contributed by atoms with E-state index in [0.717, 1.165) is 16.8 Å². The summed E-state index contributed by atoms with van der Waals surface area (Å²) in [6.45, 7) is 1.75. The molecule has 0 saturated carbocycles. The van der Waals surface area contributed by atoms with Gasteiger partial charge in [-0.25, -0.2) is 4.79 Å². The molecule has 0 radical (unpaired) electrons. The minimum absolute atomic E-state index is 0.0919. The average Bonchev–Trinajstić information content (AvgIpc) is 3.55. The van der Waals surface area contributed by atoms with E-state index in [0.29, 0.717) is 33.0 Å². The third-order valence-electron chi connectivity index (χ3n) is 6.54. The number of furan rings is 1. The summed E-state index contributed by atoms with van der Waals surface area (Å²) in [5.74, 6) is -0.0972. The number of nitrogens with one attached hydrogen (secondary N) is 2. The highest BCUT2D eigenvalue weighted by Gasteiger charge is 2.42. The molecule has 0 spiro atoms. The van der Waals surface area contributed by atoms with Gasteiger partial charge in [-0.2, -0.15) is 0 Å². The molecule has 1 aliphatic heterocycles. The van der Waals surface area contributed by atoms with Crippen LogP contribution >= 0.6 is 23.8 Å². The van der Waals surface area contributed by atoms with E-state index < -0.39 is 12.0 Å². The van der Waals surface area contributed by atoms with Crippen LogP contribution in [0.1, 0.15) is 39.5 Å². The summed E-state index contributed by atoms with van der Waals surface area (Å²) < 4.78 is 11.3. The monoisotopic (exact) mass is 576 g/mol. The van der Waals surface area contributed by atoms with Gasteiger partial charge in [0.15, 0.2) is 5.11 Å². The second-order valence-electron chi connectivity index (χ2n) is 9.18. The number of methoxy groups -OCH3 is 1. The van der Waals surface area contributed by atoms with E-state index in [4.69, 9.17) is 33.0 Å². The van der Waals surface area contributed by atoms with Gasteiger partial charge >= 0.3 is 5.97 Å². The molecule has 0 unspecified atom stereocenters. The Hall–Kier alpha value is -4.25. The predicted molar refractivity (Wildman–Crippen MR) is 156 cm³/mol.